The highest BCUT2D eigenvalue weighted by Crippen LogP contribution is 2.49. The third kappa shape index (κ3) is 1.62. The Morgan fingerprint density at radius 3 is 2.63 bits per heavy atom. The SMILES string of the molecule is CN1CCCc2c1ccc(C1(C(=O)O)CCC1)c2O. The van der Waals surface area contributed by atoms with Gasteiger partial charge in [-0.3, -0.25) is 4.79 Å². The number of aromatic hydroxyl groups is 1. The van der Waals surface area contributed by atoms with E-state index in [4.69, 9.17) is 0 Å². The number of benzene rings is 1. The van der Waals surface area contributed by atoms with Crippen LogP contribution in [0, 0.1) is 0 Å². The summed E-state index contributed by atoms with van der Waals surface area (Å²) < 4.78 is 0. The number of hydrogen-bond acceptors (Lipinski definition) is 3. The van der Waals surface area contributed by atoms with E-state index < -0.39 is 11.4 Å². The Hall–Kier alpha value is -1.71. The summed E-state index contributed by atoms with van der Waals surface area (Å²) >= 11 is 0. The van der Waals surface area contributed by atoms with Gasteiger partial charge in [0, 0.05) is 30.4 Å². The van der Waals surface area contributed by atoms with Crippen molar-refractivity contribution in [3.63, 3.8) is 0 Å². The Bertz CT molecular complexity index is 534. The van der Waals surface area contributed by atoms with Crippen LogP contribution in [0.15, 0.2) is 12.1 Å². The van der Waals surface area contributed by atoms with Gasteiger partial charge in [0.15, 0.2) is 0 Å². The fraction of sp³-hybridized carbons (Fsp3) is 0.533. The molecule has 1 heterocycles. The molecule has 1 saturated carbocycles. The molecular weight excluding hydrogens is 242 g/mol. The van der Waals surface area contributed by atoms with E-state index in [2.05, 4.69) is 4.90 Å². The number of nitrogens with zero attached hydrogens (tertiary/aromatic N) is 1. The summed E-state index contributed by atoms with van der Waals surface area (Å²) in [4.78, 5) is 13.7. The second-order valence-corrected chi connectivity index (χ2v) is 5.73. The van der Waals surface area contributed by atoms with Crippen LogP contribution in [0.4, 0.5) is 5.69 Å². The van der Waals surface area contributed by atoms with Gasteiger partial charge in [-0.1, -0.05) is 12.5 Å². The largest absolute Gasteiger partial charge is 0.507 e. The maximum atomic E-state index is 11.6. The van der Waals surface area contributed by atoms with E-state index in [-0.39, 0.29) is 5.75 Å². The molecule has 4 nitrogen and oxygen atoms in total. The minimum atomic E-state index is -0.852. The molecule has 0 atom stereocenters. The molecule has 1 aromatic rings. The molecule has 0 bridgehead atoms. The molecule has 0 radical (unpaired) electrons. The van der Waals surface area contributed by atoms with Crippen LogP contribution in [-0.2, 0) is 16.6 Å². The van der Waals surface area contributed by atoms with E-state index >= 15 is 0 Å². The average molecular weight is 261 g/mol. The molecule has 19 heavy (non-hydrogen) atoms. The molecule has 0 spiro atoms. The minimum Gasteiger partial charge on any atom is -0.507 e. The smallest absolute Gasteiger partial charge is 0.314 e. The summed E-state index contributed by atoms with van der Waals surface area (Å²) in [6.45, 7) is 0.982. The van der Waals surface area contributed by atoms with Crippen molar-refractivity contribution in [2.45, 2.75) is 37.5 Å². The van der Waals surface area contributed by atoms with Crippen molar-refractivity contribution in [1.82, 2.24) is 0 Å². The molecule has 4 heteroatoms. The Kier molecular flexibility index (Phi) is 2.69. The number of phenolic OH excluding ortho intramolecular Hbond substituents is 1. The van der Waals surface area contributed by atoms with Crippen molar-refractivity contribution in [1.29, 1.82) is 0 Å². The van der Waals surface area contributed by atoms with Crippen LogP contribution in [0.25, 0.3) is 0 Å². The summed E-state index contributed by atoms with van der Waals surface area (Å²) in [5, 5.41) is 20.0. The van der Waals surface area contributed by atoms with Gasteiger partial charge in [0.2, 0.25) is 0 Å². The van der Waals surface area contributed by atoms with Crippen molar-refractivity contribution in [3.05, 3.63) is 23.3 Å². The van der Waals surface area contributed by atoms with Crippen molar-refractivity contribution in [2.75, 3.05) is 18.5 Å². The maximum absolute atomic E-state index is 11.6. The summed E-state index contributed by atoms with van der Waals surface area (Å²) in [6.07, 6.45) is 4.01. The van der Waals surface area contributed by atoms with Crippen molar-refractivity contribution in [2.24, 2.45) is 0 Å². The van der Waals surface area contributed by atoms with Crippen LogP contribution in [0.2, 0.25) is 0 Å². The number of hydrogen-bond donors (Lipinski definition) is 2. The van der Waals surface area contributed by atoms with Gasteiger partial charge in [0.1, 0.15) is 5.75 Å². The van der Waals surface area contributed by atoms with E-state index in [9.17, 15) is 15.0 Å². The third-order valence-corrected chi connectivity index (χ3v) is 4.72. The molecule has 1 aliphatic carbocycles. The predicted octanol–water partition coefficient (Wildman–Crippen LogP) is 2.28. The van der Waals surface area contributed by atoms with Gasteiger partial charge < -0.3 is 15.1 Å². The van der Waals surface area contributed by atoms with Crippen molar-refractivity contribution in [3.8, 4) is 5.75 Å². The number of fused-ring (bicyclic) bond motifs is 1. The highest BCUT2D eigenvalue weighted by atomic mass is 16.4. The van der Waals surface area contributed by atoms with Crippen molar-refractivity contribution >= 4 is 11.7 Å². The lowest BCUT2D eigenvalue weighted by Crippen LogP contribution is -2.42. The predicted molar refractivity (Wildman–Crippen MR) is 72.9 cm³/mol. The molecule has 102 valence electrons. The topological polar surface area (TPSA) is 60.8 Å². The second kappa shape index (κ2) is 4.15. The summed E-state index contributed by atoms with van der Waals surface area (Å²) in [5.41, 5.74) is 1.71. The van der Waals surface area contributed by atoms with Crippen LogP contribution < -0.4 is 4.90 Å². The number of carboxylic acid groups (broad SMARTS) is 1. The van der Waals surface area contributed by atoms with E-state index in [1.165, 1.54) is 0 Å². The number of aliphatic carboxylic acids is 1. The summed E-state index contributed by atoms with van der Waals surface area (Å²) in [6, 6.07) is 3.77. The Morgan fingerprint density at radius 2 is 2.05 bits per heavy atom. The van der Waals surface area contributed by atoms with E-state index in [0.29, 0.717) is 18.4 Å². The first-order valence-corrected chi connectivity index (χ1v) is 6.86. The van der Waals surface area contributed by atoms with Gasteiger partial charge in [-0.15, -0.1) is 0 Å². The highest BCUT2D eigenvalue weighted by molar-refractivity contribution is 5.84. The average Bonchev–Trinajstić information content (AvgIpc) is 2.31. The van der Waals surface area contributed by atoms with Crippen LogP contribution in [0.5, 0.6) is 5.75 Å². The first kappa shape index (κ1) is 12.3. The molecule has 0 saturated heterocycles. The number of carbonyl (C=O) groups is 1. The fourth-order valence-corrected chi connectivity index (χ4v) is 3.36. The van der Waals surface area contributed by atoms with Crippen LogP contribution in [0.1, 0.15) is 36.8 Å². The molecule has 3 rings (SSSR count). The first-order valence-electron chi connectivity index (χ1n) is 6.86. The van der Waals surface area contributed by atoms with Gasteiger partial charge in [0.05, 0.1) is 5.41 Å². The van der Waals surface area contributed by atoms with Crippen molar-refractivity contribution < 1.29 is 15.0 Å². The van der Waals surface area contributed by atoms with Gasteiger partial charge in [0.25, 0.3) is 0 Å². The fourth-order valence-electron chi connectivity index (χ4n) is 3.36. The number of phenols is 1. The molecule has 2 N–H and O–H groups in total. The molecule has 2 aliphatic rings. The lowest BCUT2D eigenvalue weighted by molar-refractivity contribution is -0.147. The maximum Gasteiger partial charge on any atom is 0.314 e. The Labute approximate surface area is 112 Å². The lowest BCUT2D eigenvalue weighted by Gasteiger charge is -2.39. The monoisotopic (exact) mass is 261 g/mol. The molecule has 0 aromatic heterocycles. The normalized spacial score (nSPS) is 20.6. The standard InChI is InChI=1S/C15H19NO3/c1-16-9-2-4-10-12(16)6-5-11(13(10)17)15(14(18)19)7-3-8-15/h5-6,17H,2-4,7-9H2,1H3,(H,18,19). The quantitative estimate of drug-likeness (QED) is 0.857. The van der Waals surface area contributed by atoms with E-state index in [1.54, 1.807) is 0 Å². The van der Waals surface area contributed by atoms with E-state index in [1.807, 2.05) is 19.2 Å². The van der Waals surface area contributed by atoms with Gasteiger partial charge in [-0.2, -0.15) is 0 Å². The molecule has 0 amide bonds. The lowest BCUT2D eigenvalue weighted by atomic mass is 9.63. The zero-order valence-electron chi connectivity index (χ0n) is 11.1. The first-order chi connectivity index (χ1) is 9.06. The Balaban J connectivity index is 2.12. The number of anilines is 1. The van der Waals surface area contributed by atoms with Gasteiger partial charge >= 0.3 is 5.97 Å². The summed E-state index contributed by atoms with van der Waals surface area (Å²) in [5.74, 6) is -0.593. The third-order valence-electron chi connectivity index (χ3n) is 4.72. The van der Waals surface area contributed by atoms with Crippen LogP contribution in [0.3, 0.4) is 0 Å². The number of carboxylic acids is 1. The highest BCUT2D eigenvalue weighted by Gasteiger charge is 2.48. The molecule has 1 aromatic carbocycles. The van der Waals surface area contributed by atoms with Gasteiger partial charge in [-0.25, -0.2) is 0 Å². The van der Waals surface area contributed by atoms with Crippen LogP contribution in [-0.4, -0.2) is 29.8 Å². The molecular formula is C15H19NO3. The zero-order chi connectivity index (χ0) is 13.6. The molecule has 0 unspecified atom stereocenters. The van der Waals surface area contributed by atoms with E-state index in [0.717, 1.165) is 37.1 Å². The Morgan fingerprint density at radius 1 is 1.32 bits per heavy atom. The van der Waals surface area contributed by atoms with Gasteiger partial charge in [-0.05, 0) is 31.7 Å². The minimum absolute atomic E-state index is 0.214. The van der Waals surface area contributed by atoms with Crippen LogP contribution >= 0.6 is 0 Å². The summed E-state index contributed by atoms with van der Waals surface area (Å²) in [7, 11) is 2.01. The molecule has 1 fully saturated rings. The number of rotatable bonds is 2. The zero-order valence-corrected chi connectivity index (χ0v) is 11.1. The molecule has 1 aliphatic heterocycles. The second-order valence-electron chi connectivity index (χ2n) is 5.73.